The number of amides is 1. The van der Waals surface area contributed by atoms with Crippen LogP contribution in [0.4, 0.5) is 19.0 Å². The predicted molar refractivity (Wildman–Crippen MR) is 115 cm³/mol. The summed E-state index contributed by atoms with van der Waals surface area (Å²) in [6.07, 6.45) is 0.671. The minimum Gasteiger partial charge on any atom is -0.363 e. The van der Waals surface area contributed by atoms with E-state index >= 15 is 0 Å². The van der Waals surface area contributed by atoms with Crippen LogP contribution in [0.1, 0.15) is 73.6 Å². The van der Waals surface area contributed by atoms with Gasteiger partial charge in [0.15, 0.2) is 11.7 Å². The number of hydrogen-bond donors (Lipinski definition) is 1. The van der Waals surface area contributed by atoms with Gasteiger partial charge in [0.05, 0.1) is 6.04 Å². The zero-order valence-corrected chi connectivity index (χ0v) is 18.2. The molecular formula is C24H29F3N4O. The van der Waals surface area contributed by atoms with E-state index in [0.717, 1.165) is 35.9 Å². The van der Waals surface area contributed by atoms with Crippen molar-refractivity contribution in [1.82, 2.24) is 14.7 Å². The van der Waals surface area contributed by atoms with E-state index in [1.807, 2.05) is 35.2 Å². The molecule has 1 saturated heterocycles. The minimum absolute atomic E-state index is 0.106. The molecule has 2 fully saturated rings. The third-order valence-corrected chi connectivity index (χ3v) is 7.61. The number of benzene rings is 1. The van der Waals surface area contributed by atoms with Crippen molar-refractivity contribution in [3.05, 3.63) is 47.7 Å². The van der Waals surface area contributed by atoms with E-state index in [-0.39, 0.29) is 29.9 Å². The normalized spacial score (nSPS) is 30.2. The SMILES string of the molecule is C[C@H]1CCN(C(=O)c2cc3n(n2)[C@H](C(F)(F)F)C[C@H](c2ccccc2)N3)[C@@H]2CCCC[C@@H]21. The second-order valence-corrected chi connectivity index (χ2v) is 9.54. The first-order valence-corrected chi connectivity index (χ1v) is 11.6. The number of likely N-dealkylation sites (tertiary alicyclic amines) is 1. The van der Waals surface area contributed by atoms with Crippen LogP contribution >= 0.6 is 0 Å². The van der Waals surface area contributed by atoms with Gasteiger partial charge in [-0.05, 0) is 36.7 Å². The highest BCUT2D eigenvalue weighted by Crippen LogP contribution is 2.44. The number of nitrogens with one attached hydrogen (secondary N) is 1. The summed E-state index contributed by atoms with van der Waals surface area (Å²) in [5.74, 6) is 1.06. The monoisotopic (exact) mass is 446 g/mol. The maximum absolute atomic E-state index is 14.0. The van der Waals surface area contributed by atoms with Gasteiger partial charge in [0.1, 0.15) is 5.82 Å². The molecule has 1 aromatic heterocycles. The fraction of sp³-hybridized carbons (Fsp3) is 0.583. The lowest BCUT2D eigenvalue weighted by Crippen LogP contribution is -2.52. The predicted octanol–water partition coefficient (Wildman–Crippen LogP) is 5.58. The minimum atomic E-state index is -4.45. The number of anilines is 1. The van der Waals surface area contributed by atoms with Gasteiger partial charge in [-0.2, -0.15) is 18.3 Å². The molecule has 1 aromatic carbocycles. The largest absolute Gasteiger partial charge is 0.410 e. The quantitative estimate of drug-likeness (QED) is 0.655. The highest BCUT2D eigenvalue weighted by molar-refractivity contribution is 5.93. The first-order valence-electron chi connectivity index (χ1n) is 11.6. The summed E-state index contributed by atoms with van der Waals surface area (Å²) in [7, 11) is 0. The van der Waals surface area contributed by atoms with Gasteiger partial charge < -0.3 is 10.2 Å². The molecule has 5 rings (SSSR count). The van der Waals surface area contributed by atoms with Crippen LogP contribution < -0.4 is 5.32 Å². The Morgan fingerprint density at radius 3 is 2.62 bits per heavy atom. The van der Waals surface area contributed by atoms with E-state index in [4.69, 9.17) is 0 Å². The number of carbonyl (C=O) groups is 1. The molecule has 0 radical (unpaired) electrons. The summed E-state index contributed by atoms with van der Waals surface area (Å²) >= 11 is 0. The zero-order chi connectivity index (χ0) is 22.5. The number of rotatable bonds is 2. The van der Waals surface area contributed by atoms with Gasteiger partial charge in [0, 0.05) is 25.1 Å². The number of carbonyl (C=O) groups excluding carboxylic acids is 1. The van der Waals surface area contributed by atoms with Crippen LogP contribution in [0.15, 0.2) is 36.4 Å². The van der Waals surface area contributed by atoms with E-state index in [0.29, 0.717) is 18.4 Å². The van der Waals surface area contributed by atoms with Gasteiger partial charge in [0.25, 0.3) is 5.91 Å². The number of alkyl halides is 3. The lowest BCUT2D eigenvalue weighted by atomic mass is 9.72. The highest BCUT2D eigenvalue weighted by Gasteiger charge is 2.47. The summed E-state index contributed by atoms with van der Waals surface area (Å²) < 4.78 is 42.8. The van der Waals surface area contributed by atoms with Crippen LogP contribution in [0.25, 0.3) is 0 Å². The van der Waals surface area contributed by atoms with Crippen molar-refractivity contribution in [1.29, 1.82) is 0 Å². The van der Waals surface area contributed by atoms with Crippen LogP contribution in [0.5, 0.6) is 0 Å². The fourth-order valence-electron chi connectivity index (χ4n) is 5.89. The van der Waals surface area contributed by atoms with Crippen LogP contribution in [-0.4, -0.2) is 39.4 Å². The molecule has 3 heterocycles. The Hall–Kier alpha value is -2.51. The molecule has 0 bridgehead atoms. The second-order valence-electron chi connectivity index (χ2n) is 9.54. The Labute approximate surface area is 186 Å². The van der Waals surface area contributed by atoms with Gasteiger partial charge in [-0.25, -0.2) is 4.68 Å². The molecule has 1 saturated carbocycles. The Kier molecular flexibility index (Phi) is 5.42. The first-order chi connectivity index (χ1) is 15.3. The smallest absolute Gasteiger partial charge is 0.363 e. The molecule has 0 spiro atoms. The van der Waals surface area contributed by atoms with E-state index in [2.05, 4.69) is 17.3 Å². The molecule has 2 aromatic rings. The van der Waals surface area contributed by atoms with Crippen molar-refractivity contribution in [2.75, 3.05) is 11.9 Å². The van der Waals surface area contributed by atoms with Gasteiger partial charge >= 0.3 is 6.18 Å². The van der Waals surface area contributed by atoms with Crippen molar-refractivity contribution in [2.24, 2.45) is 11.8 Å². The number of nitrogens with zero attached hydrogens (tertiary/aromatic N) is 3. The van der Waals surface area contributed by atoms with Crippen molar-refractivity contribution >= 4 is 11.7 Å². The fourth-order valence-corrected chi connectivity index (χ4v) is 5.89. The Morgan fingerprint density at radius 2 is 1.88 bits per heavy atom. The van der Waals surface area contributed by atoms with Gasteiger partial charge in [-0.15, -0.1) is 0 Å². The molecule has 0 unspecified atom stereocenters. The topological polar surface area (TPSA) is 50.2 Å². The molecule has 1 aliphatic carbocycles. The third-order valence-electron chi connectivity index (χ3n) is 7.61. The van der Waals surface area contributed by atoms with Crippen molar-refractivity contribution in [3.63, 3.8) is 0 Å². The molecule has 8 heteroatoms. The average Bonchev–Trinajstić information content (AvgIpc) is 3.22. The maximum atomic E-state index is 14.0. The molecule has 3 aliphatic rings. The number of aromatic nitrogens is 2. The van der Waals surface area contributed by atoms with Gasteiger partial charge in [-0.3, -0.25) is 4.79 Å². The lowest BCUT2D eigenvalue weighted by molar-refractivity contribution is -0.173. The Balaban J connectivity index is 1.45. The first kappa shape index (κ1) is 21.3. The molecule has 5 atom stereocenters. The Morgan fingerprint density at radius 1 is 1.12 bits per heavy atom. The summed E-state index contributed by atoms with van der Waals surface area (Å²) in [4.78, 5) is 15.3. The standard InChI is InChI=1S/C24H29F3N4O/c1-15-11-12-30(20-10-6-5-9-17(15)20)23(32)19-14-22-28-18(16-7-3-2-4-8-16)13-21(24(25,26)27)31(22)29-19/h2-4,7-8,14-15,17-18,20-21,28H,5-6,9-13H2,1H3/t15-,17+,18+,20+,21-/m0/s1. The molecule has 5 nitrogen and oxygen atoms in total. The van der Waals surface area contributed by atoms with Crippen LogP contribution in [0, 0.1) is 11.8 Å². The number of fused-ring (bicyclic) bond motifs is 2. The summed E-state index contributed by atoms with van der Waals surface area (Å²) in [5, 5.41) is 7.39. The van der Waals surface area contributed by atoms with E-state index in [1.165, 1.54) is 12.5 Å². The molecule has 172 valence electrons. The highest BCUT2D eigenvalue weighted by atomic mass is 19.4. The van der Waals surface area contributed by atoms with Gasteiger partial charge in [0.2, 0.25) is 0 Å². The number of piperidine rings is 1. The van der Waals surface area contributed by atoms with Crippen LogP contribution in [0.2, 0.25) is 0 Å². The molecule has 32 heavy (non-hydrogen) atoms. The van der Waals surface area contributed by atoms with E-state index in [9.17, 15) is 18.0 Å². The van der Waals surface area contributed by atoms with Crippen LogP contribution in [-0.2, 0) is 0 Å². The van der Waals surface area contributed by atoms with Gasteiger partial charge in [-0.1, -0.05) is 50.1 Å². The lowest BCUT2D eigenvalue weighted by Gasteiger charge is -2.47. The van der Waals surface area contributed by atoms with Crippen molar-refractivity contribution in [3.8, 4) is 0 Å². The van der Waals surface area contributed by atoms with E-state index < -0.39 is 18.3 Å². The van der Waals surface area contributed by atoms with Crippen molar-refractivity contribution in [2.45, 2.75) is 69.8 Å². The van der Waals surface area contributed by atoms with Crippen LogP contribution in [0.3, 0.4) is 0 Å². The molecular weight excluding hydrogens is 417 g/mol. The molecule has 2 aliphatic heterocycles. The Bertz CT molecular complexity index is 973. The number of hydrogen-bond acceptors (Lipinski definition) is 3. The average molecular weight is 447 g/mol. The number of halogens is 3. The summed E-state index contributed by atoms with van der Waals surface area (Å²) in [6, 6.07) is 8.53. The summed E-state index contributed by atoms with van der Waals surface area (Å²) in [5.41, 5.74) is 0.895. The van der Waals surface area contributed by atoms with E-state index in [1.54, 1.807) is 0 Å². The van der Waals surface area contributed by atoms with Crippen molar-refractivity contribution < 1.29 is 18.0 Å². The summed E-state index contributed by atoms with van der Waals surface area (Å²) in [6.45, 7) is 2.90. The molecule has 1 N–H and O–H groups in total. The molecule has 1 amide bonds. The third kappa shape index (κ3) is 3.77. The maximum Gasteiger partial charge on any atom is 0.410 e. The zero-order valence-electron chi connectivity index (χ0n) is 18.2. The second kappa shape index (κ2) is 8.12.